The predicted molar refractivity (Wildman–Crippen MR) is 104 cm³/mol. The number of hydrogen-bond acceptors (Lipinski definition) is 2. The maximum absolute atomic E-state index is 11.9. The summed E-state index contributed by atoms with van der Waals surface area (Å²) >= 11 is 0. The van der Waals surface area contributed by atoms with E-state index >= 15 is 0 Å². The average molecular weight is 355 g/mol. The van der Waals surface area contributed by atoms with Crippen molar-refractivity contribution in [2.75, 3.05) is 0 Å². The fraction of sp³-hybridized carbons (Fsp3) is 0.682. The maximum Gasteiger partial charge on any atom is 0.136 e. The van der Waals surface area contributed by atoms with E-state index in [1.165, 1.54) is 17.6 Å². The van der Waals surface area contributed by atoms with Crippen molar-refractivity contribution >= 4 is 16.0 Å². The van der Waals surface area contributed by atoms with Gasteiger partial charge in [-0.25, -0.2) is 0 Å². The Hall–Kier alpha value is -1.11. The summed E-state index contributed by atoms with van der Waals surface area (Å²) in [6.07, 6.45) is 9.85. The molecule has 1 N–H and O–H groups in total. The Balaban J connectivity index is 1.70. The number of carbonyl (C=O) groups excluding carboxylic acids is 1. The van der Waals surface area contributed by atoms with Crippen LogP contribution in [0.4, 0.5) is 0 Å². The lowest BCUT2D eigenvalue weighted by atomic mass is 9.45. The zero-order valence-electron chi connectivity index (χ0n) is 15.6. The average Bonchev–Trinajstić information content (AvgIpc) is 2.56. The second-order valence-corrected chi connectivity index (χ2v) is 9.63. The summed E-state index contributed by atoms with van der Waals surface area (Å²) in [7, 11) is 0.804. The summed E-state index contributed by atoms with van der Waals surface area (Å²) in [4.78, 5) is 11.9. The molecule has 3 fully saturated rings. The molecule has 0 amide bonds. The summed E-state index contributed by atoms with van der Waals surface area (Å²) in [5.41, 5.74) is 4.70. The zero-order valence-corrected chi connectivity index (χ0v) is 17.6. The van der Waals surface area contributed by atoms with Gasteiger partial charge in [0, 0.05) is 24.7 Å². The molecule has 0 aromatic rings. The Morgan fingerprint density at radius 2 is 2.16 bits per heavy atom. The van der Waals surface area contributed by atoms with Crippen LogP contribution in [0.3, 0.4) is 0 Å². The Labute approximate surface area is 154 Å². The smallest absolute Gasteiger partial charge is 0.136 e. The summed E-state index contributed by atoms with van der Waals surface area (Å²) in [6, 6.07) is 0. The molecule has 6 unspecified atom stereocenters. The molecule has 0 aromatic heterocycles. The van der Waals surface area contributed by atoms with Crippen LogP contribution >= 0.6 is 0 Å². The number of fused-ring (bicyclic) bond motifs is 5. The van der Waals surface area contributed by atoms with Gasteiger partial charge in [-0.2, -0.15) is 0 Å². The molecule has 3 heteroatoms. The lowest BCUT2D eigenvalue weighted by Gasteiger charge is -2.60. The number of rotatable bonds is 0. The SMILES string of the molecule is C=C1CC2C3CC=C4CC(=O)CCC4C3CCC2(C)C(O)(C#C[SiH3])C1. The van der Waals surface area contributed by atoms with E-state index in [2.05, 4.69) is 31.0 Å². The molecule has 0 heterocycles. The fourth-order valence-corrected chi connectivity index (χ4v) is 7.07. The third kappa shape index (κ3) is 2.52. The van der Waals surface area contributed by atoms with Crippen molar-refractivity contribution in [3.8, 4) is 11.5 Å². The topological polar surface area (TPSA) is 37.3 Å². The van der Waals surface area contributed by atoms with Gasteiger partial charge >= 0.3 is 0 Å². The van der Waals surface area contributed by atoms with Crippen molar-refractivity contribution in [3.05, 3.63) is 23.8 Å². The van der Waals surface area contributed by atoms with Gasteiger partial charge in [0.25, 0.3) is 0 Å². The van der Waals surface area contributed by atoms with Gasteiger partial charge in [0.05, 0.1) is 10.2 Å². The van der Waals surface area contributed by atoms with E-state index in [0.29, 0.717) is 42.3 Å². The molecular formula is C22H30O2Si. The maximum atomic E-state index is 11.9. The molecule has 2 nitrogen and oxygen atoms in total. The van der Waals surface area contributed by atoms with E-state index in [1.807, 2.05) is 0 Å². The monoisotopic (exact) mass is 354 g/mol. The van der Waals surface area contributed by atoms with Crippen LogP contribution in [0.1, 0.15) is 58.3 Å². The van der Waals surface area contributed by atoms with Gasteiger partial charge in [0.2, 0.25) is 0 Å². The van der Waals surface area contributed by atoms with Gasteiger partial charge in [0.15, 0.2) is 0 Å². The predicted octanol–water partition coefficient (Wildman–Crippen LogP) is 2.74. The zero-order chi connectivity index (χ0) is 17.8. The molecule has 134 valence electrons. The van der Waals surface area contributed by atoms with Crippen LogP contribution in [0.15, 0.2) is 23.8 Å². The first kappa shape index (κ1) is 17.3. The van der Waals surface area contributed by atoms with Crippen molar-refractivity contribution in [2.45, 2.75) is 63.9 Å². The van der Waals surface area contributed by atoms with E-state index < -0.39 is 5.60 Å². The molecular weight excluding hydrogens is 324 g/mol. The van der Waals surface area contributed by atoms with Crippen LogP contribution < -0.4 is 0 Å². The Morgan fingerprint density at radius 1 is 1.36 bits per heavy atom. The molecule has 0 aromatic carbocycles. The van der Waals surface area contributed by atoms with Gasteiger partial charge in [-0.15, -0.1) is 5.54 Å². The minimum absolute atomic E-state index is 0.122. The number of aliphatic hydroxyl groups is 1. The Kier molecular flexibility index (Phi) is 4.13. The van der Waals surface area contributed by atoms with Crippen LogP contribution in [0, 0.1) is 40.6 Å². The molecule has 25 heavy (non-hydrogen) atoms. The molecule has 0 radical (unpaired) electrons. The third-order valence-electron chi connectivity index (χ3n) is 7.95. The molecule has 0 spiro atoms. The van der Waals surface area contributed by atoms with Crippen molar-refractivity contribution in [3.63, 3.8) is 0 Å². The van der Waals surface area contributed by atoms with Crippen molar-refractivity contribution < 1.29 is 9.90 Å². The van der Waals surface area contributed by atoms with Crippen molar-refractivity contribution in [2.24, 2.45) is 29.1 Å². The lowest BCUT2D eigenvalue weighted by Crippen LogP contribution is -2.59. The third-order valence-corrected chi connectivity index (χ3v) is 8.20. The largest absolute Gasteiger partial charge is 0.377 e. The number of Topliss-reactive ketones (excluding diaryl/α,β-unsaturated/α-hetero) is 1. The van der Waals surface area contributed by atoms with E-state index in [-0.39, 0.29) is 5.41 Å². The van der Waals surface area contributed by atoms with Gasteiger partial charge in [-0.05, 0) is 55.8 Å². The van der Waals surface area contributed by atoms with Gasteiger partial charge in [-0.3, -0.25) is 4.79 Å². The van der Waals surface area contributed by atoms with Crippen LogP contribution in [-0.4, -0.2) is 26.7 Å². The second-order valence-electron chi connectivity index (χ2n) is 9.13. The highest BCUT2D eigenvalue weighted by Gasteiger charge is 2.60. The highest BCUT2D eigenvalue weighted by Crippen LogP contribution is 2.63. The van der Waals surface area contributed by atoms with Gasteiger partial charge < -0.3 is 5.11 Å². The van der Waals surface area contributed by atoms with Crippen molar-refractivity contribution in [1.82, 2.24) is 0 Å². The molecule has 0 aliphatic heterocycles. The van der Waals surface area contributed by atoms with Crippen LogP contribution in [0.25, 0.3) is 0 Å². The standard InChI is InChI=1S/C22H30O2Si/c1-14-11-20-19-5-3-15-12-16(23)4-6-17(15)18(19)7-8-21(20,2)22(24,13-14)9-10-25/h3,17-20,24H,1,4-8,11-13H2,2,25H3. The van der Waals surface area contributed by atoms with Gasteiger partial charge in [0.1, 0.15) is 11.4 Å². The first-order valence-corrected chi connectivity index (χ1v) is 10.9. The van der Waals surface area contributed by atoms with Gasteiger partial charge in [-0.1, -0.05) is 36.6 Å². The lowest BCUT2D eigenvalue weighted by molar-refractivity contribution is -0.139. The highest BCUT2D eigenvalue weighted by molar-refractivity contribution is 6.22. The summed E-state index contributed by atoms with van der Waals surface area (Å²) < 4.78 is 0. The fourth-order valence-electron chi connectivity index (χ4n) is 6.66. The van der Waals surface area contributed by atoms with Crippen LogP contribution in [0.5, 0.6) is 0 Å². The number of ketones is 1. The molecule has 3 saturated carbocycles. The molecule has 6 atom stereocenters. The minimum Gasteiger partial charge on any atom is -0.377 e. The Morgan fingerprint density at radius 3 is 2.92 bits per heavy atom. The second kappa shape index (κ2) is 5.96. The number of allylic oxidation sites excluding steroid dienone is 2. The first-order valence-electron chi connectivity index (χ1n) is 9.91. The summed E-state index contributed by atoms with van der Waals surface area (Å²) in [5.74, 6) is 6.03. The van der Waals surface area contributed by atoms with E-state index in [1.54, 1.807) is 0 Å². The first-order chi connectivity index (χ1) is 11.9. The van der Waals surface area contributed by atoms with E-state index in [4.69, 9.17) is 0 Å². The molecule has 4 rings (SSSR count). The summed E-state index contributed by atoms with van der Waals surface area (Å²) in [6.45, 7) is 6.55. The quantitative estimate of drug-likeness (QED) is 0.413. The summed E-state index contributed by atoms with van der Waals surface area (Å²) in [5, 5.41) is 11.5. The normalized spacial score (nSPS) is 46.2. The Bertz CT molecular complexity index is 711. The minimum atomic E-state index is -0.897. The molecule has 4 aliphatic carbocycles. The van der Waals surface area contributed by atoms with E-state index in [9.17, 15) is 9.90 Å². The number of hydrogen-bond donors (Lipinski definition) is 1. The van der Waals surface area contributed by atoms with E-state index in [0.717, 1.165) is 42.3 Å². The molecule has 0 saturated heterocycles. The van der Waals surface area contributed by atoms with Crippen LogP contribution in [-0.2, 0) is 4.79 Å². The van der Waals surface area contributed by atoms with Crippen LogP contribution in [0.2, 0.25) is 0 Å². The molecule has 0 bridgehead atoms. The van der Waals surface area contributed by atoms with Crippen molar-refractivity contribution in [1.29, 1.82) is 0 Å². The number of carbonyl (C=O) groups is 1. The molecule has 4 aliphatic rings. The highest BCUT2D eigenvalue weighted by atomic mass is 28.1.